The van der Waals surface area contributed by atoms with Gasteiger partial charge in [0.1, 0.15) is 0 Å². The molecule has 0 bridgehead atoms. The fourth-order valence-corrected chi connectivity index (χ4v) is 3.96. The first-order valence-electron chi connectivity index (χ1n) is 9.94. The van der Waals surface area contributed by atoms with Crippen LogP contribution < -0.4 is 14.8 Å². The first-order valence-corrected chi connectivity index (χ1v) is 9.94. The van der Waals surface area contributed by atoms with Gasteiger partial charge in [-0.1, -0.05) is 18.2 Å². The van der Waals surface area contributed by atoms with Crippen molar-refractivity contribution in [2.75, 3.05) is 32.6 Å². The van der Waals surface area contributed by atoms with E-state index in [0.717, 1.165) is 23.7 Å². The number of ether oxygens (including phenoxy) is 2. The molecule has 0 radical (unpaired) electrons. The maximum atomic E-state index is 13.2. The number of methoxy groups -OCH3 is 2. The summed E-state index contributed by atoms with van der Waals surface area (Å²) in [5, 5.41) is 3.78. The van der Waals surface area contributed by atoms with Crippen molar-refractivity contribution in [3.8, 4) is 11.5 Å². The molecule has 1 aliphatic heterocycles. The number of aryl methyl sites for hydroxylation is 1. The lowest BCUT2D eigenvalue weighted by molar-refractivity contribution is 0.0793. The van der Waals surface area contributed by atoms with Crippen molar-refractivity contribution in [1.82, 2.24) is 9.47 Å². The van der Waals surface area contributed by atoms with E-state index >= 15 is 0 Å². The number of fused-ring (bicyclic) bond motifs is 1. The van der Waals surface area contributed by atoms with E-state index in [0.29, 0.717) is 41.4 Å². The minimum Gasteiger partial charge on any atom is -0.493 e. The number of aromatic nitrogens is 1. The summed E-state index contributed by atoms with van der Waals surface area (Å²) >= 11 is 0. The quantitative estimate of drug-likeness (QED) is 0.700. The number of nitrogens with one attached hydrogen (secondary N) is 1. The maximum absolute atomic E-state index is 13.2. The van der Waals surface area contributed by atoms with Gasteiger partial charge in [-0.25, -0.2) is 0 Å². The highest BCUT2D eigenvalue weighted by molar-refractivity contribution is 6.15. The molecule has 0 atom stereocenters. The summed E-state index contributed by atoms with van der Waals surface area (Å²) in [6.45, 7) is 1.42. The molecule has 1 aliphatic rings. The molecule has 4 rings (SSSR count). The number of rotatable bonds is 5. The van der Waals surface area contributed by atoms with Crippen LogP contribution in [0, 0.1) is 0 Å². The Kier molecular flexibility index (Phi) is 5.35. The average molecular weight is 407 g/mol. The minimum absolute atomic E-state index is 0.123. The number of anilines is 1. The van der Waals surface area contributed by atoms with E-state index in [4.69, 9.17) is 9.47 Å². The summed E-state index contributed by atoms with van der Waals surface area (Å²) in [6.07, 6.45) is 3.76. The zero-order valence-electron chi connectivity index (χ0n) is 17.4. The van der Waals surface area contributed by atoms with Gasteiger partial charge in [0, 0.05) is 43.3 Å². The summed E-state index contributed by atoms with van der Waals surface area (Å²) in [5.41, 5.74) is 2.30. The van der Waals surface area contributed by atoms with Crippen molar-refractivity contribution in [2.45, 2.75) is 12.8 Å². The summed E-state index contributed by atoms with van der Waals surface area (Å²) < 4.78 is 12.7. The molecule has 1 saturated heterocycles. The van der Waals surface area contributed by atoms with Crippen LogP contribution in [0.2, 0.25) is 0 Å². The third kappa shape index (κ3) is 3.47. The number of amides is 2. The normalized spacial score (nSPS) is 13.5. The predicted molar refractivity (Wildman–Crippen MR) is 116 cm³/mol. The fraction of sp³-hybridized carbons (Fsp3) is 0.304. The van der Waals surface area contributed by atoms with Gasteiger partial charge in [-0.2, -0.15) is 0 Å². The molecule has 0 unspecified atom stereocenters. The van der Waals surface area contributed by atoms with Crippen molar-refractivity contribution in [3.05, 3.63) is 53.7 Å². The Hall–Kier alpha value is -3.48. The van der Waals surface area contributed by atoms with Gasteiger partial charge in [0.15, 0.2) is 11.5 Å². The smallest absolute Gasteiger partial charge is 0.257 e. The second kappa shape index (κ2) is 8.10. The largest absolute Gasteiger partial charge is 0.493 e. The van der Waals surface area contributed by atoms with Crippen molar-refractivity contribution in [3.63, 3.8) is 0 Å². The van der Waals surface area contributed by atoms with Gasteiger partial charge < -0.3 is 24.3 Å². The molecule has 2 amide bonds. The summed E-state index contributed by atoms with van der Waals surface area (Å²) in [4.78, 5) is 28.1. The van der Waals surface area contributed by atoms with Crippen LogP contribution in [-0.4, -0.2) is 48.6 Å². The maximum Gasteiger partial charge on any atom is 0.257 e. The number of hydrogen-bond donors (Lipinski definition) is 1. The van der Waals surface area contributed by atoms with Crippen LogP contribution >= 0.6 is 0 Å². The van der Waals surface area contributed by atoms with Gasteiger partial charge >= 0.3 is 0 Å². The third-order valence-corrected chi connectivity index (χ3v) is 5.54. The highest BCUT2D eigenvalue weighted by Gasteiger charge is 2.25. The van der Waals surface area contributed by atoms with E-state index in [1.165, 1.54) is 14.2 Å². The van der Waals surface area contributed by atoms with Crippen molar-refractivity contribution in [1.29, 1.82) is 0 Å². The Bertz CT molecular complexity index is 1110. The second-order valence-corrected chi connectivity index (χ2v) is 7.38. The van der Waals surface area contributed by atoms with Crippen LogP contribution in [0.3, 0.4) is 0 Å². The van der Waals surface area contributed by atoms with Crippen LogP contribution in [0.1, 0.15) is 33.6 Å². The molecule has 0 aliphatic carbocycles. The lowest BCUT2D eigenvalue weighted by atomic mass is 10.1. The lowest BCUT2D eigenvalue weighted by Crippen LogP contribution is -2.29. The Morgan fingerprint density at radius 1 is 0.967 bits per heavy atom. The molecule has 0 saturated carbocycles. The predicted octanol–water partition coefficient (Wildman–Crippen LogP) is 3.68. The SMILES string of the molecule is COc1cc(NC(=O)c2cn(C)c3ccccc23)c(C(=O)N2CCCC2)cc1OC. The highest BCUT2D eigenvalue weighted by atomic mass is 16.5. The molecule has 0 spiro atoms. The number of hydrogen-bond acceptors (Lipinski definition) is 4. The molecule has 156 valence electrons. The lowest BCUT2D eigenvalue weighted by Gasteiger charge is -2.20. The van der Waals surface area contributed by atoms with Crippen LogP contribution in [0.25, 0.3) is 10.9 Å². The van der Waals surface area contributed by atoms with E-state index < -0.39 is 0 Å². The van der Waals surface area contributed by atoms with E-state index in [-0.39, 0.29) is 11.8 Å². The number of para-hydroxylation sites is 1. The molecule has 7 nitrogen and oxygen atoms in total. The molecule has 2 aromatic carbocycles. The zero-order valence-corrected chi connectivity index (χ0v) is 17.4. The van der Waals surface area contributed by atoms with Gasteiger partial charge in [-0.3, -0.25) is 9.59 Å². The Morgan fingerprint density at radius 2 is 1.63 bits per heavy atom. The van der Waals surface area contributed by atoms with Gasteiger partial charge in [-0.05, 0) is 25.0 Å². The Morgan fingerprint density at radius 3 is 2.33 bits per heavy atom. The first-order chi connectivity index (χ1) is 14.5. The van der Waals surface area contributed by atoms with E-state index in [1.807, 2.05) is 35.9 Å². The molecule has 7 heteroatoms. The second-order valence-electron chi connectivity index (χ2n) is 7.38. The molecule has 3 aromatic rings. The van der Waals surface area contributed by atoms with E-state index in [1.54, 1.807) is 23.2 Å². The van der Waals surface area contributed by atoms with E-state index in [2.05, 4.69) is 5.32 Å². The summed E-state index contributed by atoms with van der Waals surface area (Å²) in [5.74, 6) is 0.489. The molecule has 2 heterocycles. The third-order valence-electron chi connectivity index (χ3n) is 5.54. The number of carbonyl (C=O) groups excluding carboxylic acids is 2. The van der Waals surface area contributed by atoms with Crippen molar-refractivity contribution in [2.24, 2.45) is 7.05 Å². The van der Waals surface area contributed by atoms with E-state index in [9.17, 15) is 9.59 Å². The number of benzene rings is 2. The average Bonchev–Trinajstić information content (AvgIpc) is 3.42. The topological polar surface area (TPSA) is 72.8 Å². The Labute approximate surface area is 175 Å². The highest BCUT2D eigenvalue weighted by Crippen LogP contribution is 2.35. The standard InChI is InChI=1S/C23H25N3O4/c1-25-14-17(15-8-4-5-9-19(15)25)22(27)24-18-13-21(30-3)20(29-2)12-16(18)23(28)26-10-6-7-11-26/h4-5,8-9,12-14H,6-7,10-11H2,1-3H3,(H,24,27). The first kappa shape index (κ1) is 19.8. The minimum atomic E-state index is -0.283. The Balaban J connectivity index is 1.74. The van der Waals surface area contributed by atoms with Crippen molar-refractivity contribution >= 4 is 28.4 Å². The van der Waals surface area contributed by atoms with Crippen LogP contribution in [-0.2, 0) is 7.05 Å². The summed E-state index contributed by atoms with van der Waals surface area (Å²) in [7, 11) is 4.95. The molecule has 1 aromatic heterocycles. The molecular weight excluding hydrogens is 382 g/mol. The van der Waals surface area contributed by atoms with Crippen LogP contribution in [0.4, 0.5) is 5.69 Å². The monoisotopic (exact) mass is 407 g/mol. The number of nitrogens with zero attached hydrogens (tertiary/aromatic N) is 2. The van der Waals surface area contributed by atoms with Gasteiger partial charge in [-0.15, -0.1) is 0 Å². The van der Waals surface area contributed by atoms with Crippen molar-refractivity contribution < 1.29 is 19.1 Å². The molecule has 30 heavy (non-hydrogen) atoms. The fourth-order valence-electron chi connectivity index (χ4n) is 3.96. The zero-order chi connectivity index (χ0) is 21.3. The van der Waals surface area contributed by atoms with Crippen LogP contribution in [0.15, 0.2) is 42.6 Å². The molecular formula is C23H25N3O4. The molecule has 1 N–H and O–H groups in total. The van der Waals surface area contributed by atoms with Gasteiger partial charge in [0.2, 0.25) is 0 Å². The van der Waals surface area contributed by atoms with Gasteiger partial charge in [0.25, 0.3) is 11.8 Å². The van der Waals surface area contributed by atoms with Gasteiger partial charge in [0.05, 0.1) is 31.0 Å². The summed E-state index contributed by atoms with van der Waals surface area (Å²) in [6, 6.07) is 11.0. The number of carbonyl (C=O) groups is 2. The van der Waals surface area contributed by atoms with Crippen LogP contribution in [0.5, 0.6) is 11.5 Å². The molecule has 1 fully saturated rings. The number of likely N-dealkylation sites (tertiary alicyclic amines) is 1.